The van der Waals surface area contributed by atoms with Crippen molar-refractivity contribution in [2.24, 2.45) is 5.92 Å². The summed E-state index contributed by atoms with van der Waals surface area (Å²) in [5.41, 5.74) is 0.945. The molecule has 1 aromatic carbocycles. The van der Waals surface area contributed by atoms with Gasteiger partial charge in [-0.05, 0) is 24.1 Å². The second kappa shape index (κ2) is 7.09. The number of carbonyl (C=O) groups excluding carboxylic acids is 1. The standard InChI is InChI=1S/C16H17ClN2O2/c1-11(2)10-21-15-6-4-3-5-14(15)19-16(20)12-9-18-8-7-13(12)17/h3-9,11H,10H2,1-2H3,(H,19,20). The lowest BCUT2D eigenvalue weighted by atomic mass is 10.2. The van der Waals surface area contributed by atoms with E-state index in [9.17, 15) is 4.79 Å². The van der Waals surface area contributed by atoms with Gasteiger partial charge >= 0.3 is 0 Å². The van der Waals surface area contributed by atoms with Gasteiger partial charge < -0.3 is 10.1 Å². The molecule has 0 aliphatic carbocycles. The van der Waals surface area contributed by atoms with Gasteiger partial charge in [0.05, 0.1) is 22.9 Å². The Hall–Kier alpha value is -2.07. The first-order valence-electron chi connectivity index (χ1n) is 6.70. The number of amides is 1. The monoisotopic (exact) mass is 304 g/mol. The number of ether oxygens (including phenoxy) is 1. The maximum Gasteiger partial charge on any atom is 0.258 e. The van der Waals surface area contributed by atoms with Crippen molar-refractivity contribution in [1.29, 1.82) is 0 Å². The molecular formula is C16H17ClN2O2. The van der Waals surface area contributed by atoms with E-state index in [4.69, 9.17) is 16.3 Å². The number of pyridine rings is 1. The van der Waals surface area contributed by atoms with Crippen molar-refractivity contribution in [2.45, 2.75) is 13.8 Å². The third-order valence-corrected chi connectivity index (χ3v) is 3.05. The number of halogens is 1. The predicted octanol–water partition coefficient (Wildman–Crippen LogP) is 4.02. The molecular weight excluding hydrogens is 288 g/mol. The number of benzene rings is 1. The van der Waals surface area contributed by atoms with E-state index in [1.165, 1.54) is 6.20 Å². The number of rotatable bonds is 5. The molecule has 1 heterocycles. The number of nitrogens with zero attached hydrogens (tertiary/aromatic N) is 1. The fraction of sp³-hybridized carbons (Fsp3) is 0.250. The molecule has 0 aliphatic rings. The molecule has 0 unspecified atom stereocenters. The Labute approximate surface area is 129 Å². The Balaban J connectivity index is 2.16. The van der Waals surface area contributed by atoms with Crippen LogP contribution >= 0.6 is 11.6 Å². The first kappa shape index (κ1) is 15.3. The third-order valence-electron chi connectivity index (χ3n) is 2.72. The van der Waals surface area contributed by atoms with Crippen molar-refractivity contribution in [3.8, 4) is 5.75 Å². The largest absolute Gasteiger partial charge is 0.491 e. The summed E-state index contributed by atoms with van der Waals surface area (Å²) in [7, 11) is 0. The zero-order valence-corrected chi connectivity index (χ0v) is 12.7. The molecule has 2 rings (SSSR count). The Morgan fingerprint density at radius 2 is 2.10 bits per heavy atom. The lowest BCUT2D eigenvalue weighted by Crippen LogP contribution is -2.14. The maximum absolute atomic E-state index is 12.2. The molecule has 1 N–H and O–H groups in total. The molecule has 0 spiro atoms. The van der Waals surface area contributed by atoms with Crippen LogP contribution < -0.4 is 10.1 Å². The van der Waals surface area contributed by atoms with Crippen LogP contribution in [0.5, 0.6) is 5.75 Å². The molecule has 0 aliphatic heterocycles. The van der Waals surface area contributed by atoms with Gasteiger partial charge in [-0.25, -0.2) is 0 Å². The predicted molar refractivity (Wildman–Crippen MR) is 84.0 cm³/mol. The summed E-state index contributed by atoms with van der Waals surface area (Å²) >= 11 is 6.00. The van der Waals surface area contributed by atoms with E-state index in [2.05, 4.69) is 24.1 Å². The van der Waals surface area contributed by atoms with Crippen LogP contribution in [-0.2, 0) is 0 Å². The van der Waals surface area contributed by atoms with Crippen LogP contribution in [0.3, 0.4) is 0 Å². The lowest BCUT2D eigenvalue weighted by Gasteiger charge is -2.14. The van der Waals surface area contributed by atoms with E-state index in [1.54, 1.807) is 18.3 Å². The van der Waals surface area contributed by atoms with Gasteiger partial charge in [-0.3, -0.25) is 9.78 Å². The number of hydrogen-bond donors (Lipinski definition) is 1. The molecule has 0 saturated carbocycles. The minimum atomic E-state index is -0.311. The summed E-state index contributed by atoms with van der Waals surface area (Å²) in [6.45, 7) is 4.72. The zero-order valence-electron chi connectivity index (χ0n) is 12.0. The van der Waals surface area contributed by atoms with Crippen LogP contribution in [0.4, 0.5) is 5.69 Å². The van der Waals surface area contributed by atoms with Crippen molar-refractivity contribution in [2.75, 3.05) is 11.9 Å². The van der Waals surface area contributed by atoms with Crippen LogP contribution in [0.2, 0.25) is 5.02 Å². The van der Waals surface area contributed by atoms with E-state index in [-0.39, 0.29) is 5.91 Å². The molecule has 21 heavy (non-hydrogen) atoms. The minimum Gasteiger partial charge on any atom is -0.491 e. The van der Waals surface area contributed by atoms with Gasteiger partial charge in [-0.1, -0.05) is 37.6 Å². The fourth-order valence-corrected chi connectivity index (χ4v) is 1.88. The highest BCUT2D eigenvalue weighted by Crippen LogP contribution is 2.25. The van der Waals surface area contributed by atoms with Gasteiger partial charge in [0.2, 0.25) is 0 Å². The second-order valence-corrected chi connectivity index (χ2v) is 5.42. The SMILES string of the molecule is CC(C)COc1ccccc1NC(=O)c1cnccc1Cl. The highest BCUT2D eigenvalue weighted by Gasteiger charge is 2.13. The van der Waals surface area contributed by atoms with E-state index in [0.29, 0.717) is 34.5 Å². The van der Waals surface area contributed by atoms with E-state index < -0.39 is 0 Å². The normalized spacial score (nSPS) is 10.5. The molecule has 0 radical (unpaired) electrons. The van der Waals surface area contributed by atoms with Crippen molar-refractivity contribution < 1.29 is 9.53 Å². The Morgan fingerprint density at radius 3 is 2.81 bits per heavy atom. The molecule has 0 fully saturated rings. The zero-order chi connectivity index (χ0) is 15.2. The molecule has 1 amide bonds. The van der Waals surface area contributed by atoms with Crippen molar-refractivity contribution in [3.63, 3.8) is 0 Å². The molecule has 5 heteroatoms. The second-order valence-electron chi connectivity index (χ2n) is 5.01. The van der Waals surface area contributed by atoms with Crippen molar-refractivity contribution in [3.05, 3.63) is 53.3 Å². The molecule has 110 valence electrons. The van der Waals surface area contributed by atoms with Gasteiger partial charge in [0, 0.05) is 12.4 Å². The van der Waals surface area contributed by atoms with Gasteiger partial charge in [0.25, 0.3) is 5.91 Å². The quantitative estimate of drug-likeness (QED) is 0.907. The molecule has 0 saturated heterocycles. The van der Waals surface area contributed by atoms with Crippen LogP contribution in [0, 0.1) is 5.92 Å². The summed E-state index contributed by atoms with van der Waals surface area (Å²) in [5, 5.41) is 3.17. The third kappa shape index (κ3) is 4.20. The van der Waals surface area contributed by atoms with E-state index in [0.717, 1.165) is 0 Å². The summed E-state index contributed by atoms with van der Waals surface area (Å²) in [6.07, 6.45) is 2.98. The molecule has 1 aromatic heterocycles. The Kier molecular flexibility index (Phi) is 5.17. The lowest BCUT2D eigenvalue weighted by molar-refractivity contribution is 0.102. The maximum atomic E-state index is 12.2. The number of anilines is 1. The Morgan fingerprint density at radius 1 is 1.33 bits per heavy atom. The highest BCUT2D eigenvalue weighted by atomic mass is 35.5. The molecule has 0 bridgehead atoms. The average Bonchev–Trinajstić information content (AvgIpc) is 2.46. The Bertz CT molecular complexity index is 629. The van der Waals surface area contributed by atoms with Gasteiger partial charge in [0.15, 0.2) is 0 Å². The number of hydrogen-bond acceptors (Lipinski definition) is 3. The van der Waals surface area contributed by atoms with Crippen molar-refractivity contribution in [1.82, 2.24) is 4.98 Å². The number of nitrogens with one attached hydrogen (secondary N) is 1. The first-order chi connectivity index (χ1) is 10.1. The minimum absolute atomic E-state index is 0.311. The summed E-state index contributed by atoms with van der Waals surface area (Å²) < 4.78 is 5.70. The van der Waals surface area contributed by atoms with Crippen LogP contribution in [-0.4, -0.2) is 17.5 Å². The molecule has 2 aromatic rings. The molecule has 4 nitrogen and oxygen atoms in total. The van der Waals surface area contributed by atoms with Gasteiger partial charge in [0.1, 0.15) is 5.75 Å². The fourth-order valence-electron chi connectivity index (χ4n) is 1.69. The summed E-state index contributed by atoms with van der Waals surface area (Å²) in [4.78, 5) is 16.1. The summed E-state index contributed by atoms with van der Waals surface area (Å²) in [5.74, 6) is 0.731. The van der Waals surface area contributed by atoms with Crippen LogP contribution in [0.15, 0.2) is 42.7 Å². The van der Waals surface area contributed by atoms with E-state index >= 15 is 0 Å². The van der Waals surface area contributed by atoms with E-state index in [1.807, 2.05) is 18.2 Å². The number of carbonyl (C=O) groups is 1. The van der Waals surface area contributed by atoms with Gasteiger partial charge in [-0.2, -0.15) is 0 Å². The van der Waals surface area contributed by atoms with Crippen molar-refractivity contribution >= 4 is 23.2 Å². The summed E-state index contributed by atoms with van der Waals surface area (Å²) in [6, 6.07) is 8.89. The van der Waals surface area contributed by atoms with Crippen LogP contribution in [0.1, 0.15) is 24.2 Å². The average molecular weight is 305 g/mol. The number of para-hydroxylation sites is 2. The van der Waals surface area contributed by atoms with Gasteiger partial charge in [-0.15, -0.1) is 0 Å². The number of aromatic nitrogens is 1. The molecule has 0 atom stereocenters. The first-order valence-corrected chi connectivity index (χ1v) is 7.08. The smallest absolute Gasteiger partial charge is 0.258 e. The topological polar surface area (TPSA) is 51.2 Å². The van der Waals surface area contributed by atoms with Crippen LogP contribution in [0.25, 0.3) is 0 Å². The highest BCUT2D eigenvalue weighted by molar-refractivity contribution is 6.34.